The summed E-state index contributed by atoms with van der Waals surface area (Å²) in [6, 6.07) is 29.8. The van der Waals surface area contributed by atoms with Crippen LogP contribution in [0.2, 0.25) is 0 Å². The summed E-state index contributed by atoms with van der Waals surface area (Å²) in [7, 11) is 0. The van der Waals surface area contributed by atoms with E-state index in [1.54, 1.807) is 0 Å². The summed E-state index contributed by atoms with van der Waals surface area (Å²) in [5, 5.41) is 40.3. The fourth-order valence-electron chi connectivity index (χ4n) is 4.33. The highest BCUT2D eigenvalue weighted by Crippen LogP contribution is 2.40. The third-order valence-electron chi connectivity index (χ3n) is 6.11. The van der Waals surface area contributed by atoms with Crippen molar-refractivity contribution < 1.29 is 29.9 Å². The molecule has 3 aromatic carbocycles. The number of hydrogen-bond donors (Lipinski definition) is 4. The van der Waals surface area contributed by atoms with Crippen LogP contribution < -0.4 is 0 Å². The molecule has 4 N–H and O–H groups in total. The lowest BCUT2D eigenvalue weighted by Gasteiger charge is -2.42. The molecule has 32 heavy (non-hydrogen) atoms. The molecule has 3 aromatic rings. The molecule has 1 saturated heterocycles. The number of benzene rings is 3. The zero-order chi connectivity index (χ0) is 22.6. The number of aliphatic hydroxyl groups excluding tert-OH is 4. The molecule has 5 atom stereocenters. The molecular formula is C26H28O6. The maximum atomic E-state index is 10.5. The quantitative estimate of drug-likeness (QED) is 0.422. The molecule has 0 aromatic heterocycles. The maximum absolute atomic E-state index is 10.5. The van der Waals surface area contributed by atoms with Gasteiger partial charge in [0.1, 0.15) is 24.4 Å². The molecule has 0 bridgehead atoms. The Bertz CT molecular complexity index is 867. The van der Waals surface area contributed by atoms with Gasteiger partial charge in [0.15, 0.2) is 6.29 Å². The van der Waals surface area contributed by atoms with Crippen LogP contribution in [0, 0.1) is 0 Å². The summed E-state index contributed by atoms with van der Waals surface area (Å²) >= 11 is 0. The zero-order valence-electron chi connectivity index (χ0n) is 17.6. The van der Waals surface area contributed by atoms with Gasteiger partial charge in [-0.3, -0.25) is 0 Å². The van der Waals surface area contributed by atoms with Gasteiger partial charge in [-0.25, -0.2) is 0 Å². The van der Waals surface area contributed by atoms with Crippen LogP contribution in [-0.2, 0) is 14.9 Å². The summed E-state index contributed by atoms with van der Waals surface area (Å²) < 4.78 is 11.7. The van der Waals surface area contributed by atoms with Crippen molar-refractivity contribution in [1.82, 2.24) is 0 Å². The van der Waals surface area contributed by atoms with Crippen molar-refractivity contribution in [1.29, 1.82) is 0 Å². The van der Waals surface area contributed by atoms with Gasteiger partial charge in [-0.1, -0.05) is 91.0 Å². The SMILES string of the molecule is OC[C@H]1OC(OCC(c2ccccc2)(c2ccccc2)c2ccccc2)[C@H](O)[C@@H](O)[C@@H]1O. The highest BCUT2D eigenvalue weighted by molar-refractivity contribution is 5.50. The van der Waals surface area contributed by atoms with Gasteiger partial charge in [0, 0.05) is 0 Å². The van der Waals surface area contributed by atoms with Crippen LogP contribution in [0.5, 0.6) is 0 Å². The van der Waals surface area contributed by atoms with Crippen molar-refractivity contribution in [3.05, 3.63) is 108 Å². The lowest BCUT2D eigenvalue weighted by Crippen LogP contribution is -2.59. The number of aliphatic hydroxyl groups is 4. The van der Waals surface area contributed by atoms with Gasteiger partial charge in [0.05, 0.1) is 18.6 Å². The smallest absolute Gasteiger partial charge is 0.186 e. The van der Waals surface area contributed by atoms with E-state index in [0.717, 1.165) is 16.7 Å². The van der Waals surface area contributed by atoms with E-state index in [0.29, 0.717) is 0 Å². The average molecular weight is 437 g/mol. The van der Waals surface area contributed by atoms with E-state index < -0.39 is 42.7 Å². The Labute approximate surface area is 187 Å². The van der Waals surface area contributed by atoms with Crippen LogP contribution in [0.4, 0.5) is 0 Å². The first kappa shape index (κ1) is 22.6. The van der Waals surface area contributed by atoms with Gasteiger partial charge in [0.25, 0.3) is 0 Å². The number of hydrogen-bond acceptors (Lipinski definition) is 6. The first-order chi connectivity index (χ1) is 15.6. The molecular weight excluding hydrogens is 408 g/mol. The standard InChI is InChI=1S/C26H28O6/c27-16-21-22(28)23(29)24(30)25(32-21)31-17-26(18-10-4-1-5-11-18,19-12-6-2-7-13-19)20-14-8-3-9-15-20/h1-15,21-25,27-30H,16-17H2/t21-,22-,23+,24-,25?/m1/s1. The van der Waals surface area contributed by atoms with Crippen molar-refractivity contribution in [2.75, 3.05) is 13.2 Å². The van der Waals surface area contributed by atoms with E-state index in [9.17, 15) is 20.4 Å². The van der Waals surface area contributed by atoms with Gasteiger partial charge >= 0.3 is 0 Å². The fraction of sp³-hybridized carbons (Fsp3) is 0.308. The summed E-state index contributed by atoms with van der Waals surface area (Å²) in [5.41, 5.74) is 2.23. The van der Waals surface area contributed by atoms with Crippen LogP contribution in [-0.4, -0.2) is 64.3 Å². The van der Waals surface area contributed by atoms with Crippen LogP contribution in [0.1, 0.15) is 16.7 Å². The Hall–Kier alpha value is -2.58. The van der Waals surface area contributed by atoms with Gasteiger partial charge in [-0.15, -0.1) is 0 Å². The first-order valence-corrected chi connectivity index (χ1v) is 10.7. The fourth-order valence-corrected chi connectivity index (χ4v) is 4.33. The van der Waals surface area contributed by atoms with Crippen LogP contribution in [0.15, 0.2) is 91.0 Å². The monoisotopic (exact) mass is 436 g/mol. The van der Waals surface area contributed by atoms with Gasteiger partial charge in [0.2, 0.25) is 0 Å². The Kier molecular flexibility index (Phi) is 7.01. The molecule has 0 aliphatic carbocycles. The predicted molar refractivity (Wildman–Crippen MR) is 119 cm³/mol. The molecule has 168 valence electrons. The Morgan fingerprint density at radius 1 is 0.656 bits per heavy atom. The number of rotatable bonds is 7. The van der Waals surface area contributed by atoms with Crippen molar-refractivity contribution >= 4 is 0 Å². The summed E-state index contributed by atoms with van der Waals surface area (Å²) in [6.07, 6.45) is -6.64. The van der Waals surface area contributed by atoms with E-state index in [2.05, 4.69) is 0 Å². The minimum atomic E-state index is -1.49. The molecule has 1 heterocycles. The van der Waals surface area contributed by atoms with Crippen molar-refractivity contribution in [3.63, 3.8) is 0 Å². The zero-order valence-corrected chi connectivity index (χ0v) is 17.6. The number of ether oxygens (including phenoxy) is 2. The minimum absolute atomic E-state index is 0.0910. The van der Waals surface area contributed by atoms with Crippen molar-refractivity contribution in [3.8, 4) is 0 Å². The molecule has 0 saturated carbocycles. The Morgan fingerprint density at radius 2 is 1.09 bits per heavy atom. The Morgan fingerprint density at radius 3 is 1.50 bits per heavy atom. The largest absolute Gasteiger partial charge is 0.394 e. The van der Waals surface area contributed by atoms with E-state index in [4.69, 9.17) is 9.47 Å². The lowest BCUT2D eigenvalue weighted by molar-refractivity contribution is -0.302. The summed E-state index contributed by atoms with van der Waals surface area (Å²) in [6.45, 7) is -0.417. The average Bonchev–Trinajstić information content (AvgIpc) is 2.86. The summed E-state index contributed by atoms with van der Waals surface area (Å²) in [4.78, 5) is 0. The molecule has 4 rings (SSSR count). The molecule has 6 nitrogen and oxygen atoms in total. The molecule has 1 unspecified atom stereocenters. The van der Waals surface area contributed by atoms with Gasteiger partial charge in [-0.2, -0.15) is 0 Å². The molecule has 1 fully saturated rings. The van der Waals surface area contributed by atoms with Gasteiger partial charge in [-0.05, 0) is 16.7 Å². The minimum Gasteiger partial charge on any atom is -0.394 e. The highest BCUT2D eigenvalue weighted by atomic mass is 16.7. The van der Waals surface area contributed by atoms with E-state index >= 15 is 0 Å². The highest BCUT2D eigenvalue weighted by Gasteiger charge is 2.46. The lowest BCUT2D eigenvalue weighted by atomic mass is 9.70. The van der Waals surface area contributed by atoms with E-state index in [-0.39, 0.29) is 6.61 Å². The first-order valence-electron chi connectivity index (χ1n) is 10.7. The van der Waals surface area contributed by atoms with Crippen molar-refractivity contribution in [2.45, 2.75) is 36.1 Å². The molecule has 1 aliphatic rings. The normalized spacial score (nSPS) is 26.1. The summed E-state index contributed by atoms with van der Waals surface area (Å²) in [5.74, 6) is 0. The Balaban J connectivity index is 1.77. The van der Waals surface area contributed by atoms with Crippen LogP contribution in [0.3, 0.4) is 0 Å². The molecule has 0 spiro atoms. The topological polar surface area (TPSA) is 99.4 Å². The second-order valence-corrected chi connectivity index (χ2v) is 8.01. The second kappa shape index (κ2) is 9.92. The van der Waals surface area contributed by atoms with E-state index in [1.807, 2.05) is 91.0 Å². The van der Waals surface area contributed by atoms with E-state index in [1.165, 1.54) is 0 Å². The molecule has 6 heteroatoms. The van der Waals surface area contributed by atoms with Crippen molar-refractivity contribution in [2.24, 2.45) is 0 Å². The van der Waals surface area contributed by atoms with Crippen LogP contribution >= 0.6 is 0 Å². The second-order valence-electron chi connectivity index (χ2n) is 8.01. The molecule has 0 amide bonds. The third kappa shape index (κ3) is 4.21. The maximum Gasteiger partial charge on any atom is 0.186 e. The molecule has 0 radical (unpaired) electrons. The third-order valence-corrected chi connectivity index (χ3v) is 6.11. The van der Waals surface area contributed by atoms with Crippen LogP contribution in [0.25, 0.3) is 0 Å². The predicted octanol–water partition coefficient (Wildman–Crippen LogP) is 1.84. The molecule has 1 aliphatic heterocycles. The van der Waals surface area contributed by atoms with Gasteiger partial charge < -0.3 is 29.9 Å².